The van der Waals surface area contributed by atoms with Crippen molar-refractivity contribution in [2.24, 2.45) is 0 Å². The van der Waals surface area contributed by atoms with Crippen LogP contribution in [0.2, 0.25) is 0 Å². The zero-order chi connectivity index (χ0) is 20.1. The fourth-order valence-corrected chi connectivity index (χ4v) is 3.51. The Balaban J connectivity index is 1.13. The van der Waals surface area contributed by atoms with Crippen molar-refractivity contribution in [3.05, 3.63) is 54.2 Å². The number of furan rings is 1. The molecule has 2 aliphatic rings. The molecule has 1 fully saturated rings. The Bertz CT molecular complexity index is 1220. The molecule has 0 aliphatic carbocycles. The van der Waals surface area contributed by atoms with Crippen LogP contribution in [-0.4, -0.2) is 51.0 Å². The Morgan fingerprint density at radius 2 is 2.03 bits per heavy atom. The lowest BCUT2D eigenvalue weighted by atomic mass is 9.99. The van der Waals surface area contributed by atoms with E-state index in [1.165, 1.54) is 0 Å². The van der Waals surface area contributed by atoms with E-state index in [4.69, 9.17) is 18.4 Å². The number of carbonyl (C=O) groups is 1. The van der Waals surface area contributed by atoms with Crippen LogP contribution in [0.15, 0.2) is 51.6 Å². The van der Waals surface area contributed by atoms with Gasteiger partial charge >= 0.3 is 0 Å². The average Bonchev–Trinajstić information content (AvgIpc) is 3.53. The van der Waals surface area contributed by atoms with E-state index in [1.807, 2.05) is 18.2 Å². The van der Waals surface area contributed by atoms with Gasteiger partial charge in [-0.25, -0.2) is 0 Å². The summed E-state index contributed by atoms with van der Waals surface area (Å²) in [5.41, 5.74) is 1.92. The lowest BCUT2D eigenvalue weighted by Gasteiger charge is -2.36. The normalized spacial score (nSPS) is 15.4. The van der Waals surface area contributed by atoms with E-state index in [1.54, 1.807) is 29.4 Å². The van der Waals surface area contributed by atoms with Crippen LogP contribution >= 0.6 is 0 Å². The van der Waals surface area contributed by atoms with Crippen LogP contribution < -0.4 is 9.47 Å². The summed E-state index contributed by atoms with van der Waals surface area (Å²) in [6.07, 6.45) is 1.55. The number of nitrogens with one attached hydrogen (secondary N) is 1. The fourth-order valence-electron chi connectivity index (χ4n) is 3.51. The number of hydrogen-bond donors (Lipinski definition) is 1. The molecule has 0 unspecified atom stereocenters. The van der Waals surface area contributed by atoms with E-state index in [0.29, 0.717) is 53.5 Å². The number of benzene rings is 1. The van der Waals surface area contributed by atoms with Gasteiger partial charge < -0.3 is 23.3 Å². The summed E-state index contributed by atoms with van der Waals surface area (Å²) in [5, 5.41) is 11.0. The highest BCUT2D eigenvalue weighted by molar-refractivity contribution is 5.94. The SMILES string of the molecule is O=C(c1cc(-c2ccc3c(c2)OCO3)n[nH]1)N1CC(c2nc(-c3ccco3)no2)C1. The van der Waals surface area contributed by atoms with Gasteiger partial charge in [-0.3, -0.25) is 9.89 Å². The number of nitrogens with zero attached hydrogens (tertiary/aromatic N) is 4. The Hall–Kier alpha value is -4.08. The number of ether oxygens (including phenoxy) is 2. The number of hydrogen-bond acceptors (Lipinski definition) is 8. The van der Waals surface area contributed by atoms with E-state index in [2.05, 4.69) is 20.3 Å². The maximum atomic E-state index is 12.8. The second-order valence-corrected chi connectivity index (χ2v) is 7.08. The number of fused-ring (bicyclic) bond motifs is 1. The van der Waals surface area contributed by atoms with Crippen LogP contribution in [0.1, 0.15) is 22.3 Å². The number of aromatic nitrogens is 4. The van der Waals surface area contributed by atoms with Gasteiger partial charge in [0.2, 0.25) is 18.5 Å². The summed E-state index contributed by atoms with van der Waals surface area (Å²) in [4.78, 5) is 18.8. The second kappa shape index (κ2) is 6.48. The third kappa shape index (κ3) is 2.72. The zero-order valence-corrected chi connectivity index (χ0v) is 15.6. The van der Waals surface area contributed by atoms with Gasteiger partial charge in [-0.05, 0) is 36.4 Å². The smallest absolute Gasteiger partial charge is 0.271 e. The quantitative estimate of drug-likeness (QED) is 0.550. The average molecular weight is 405 g/mol. The number of rotatable bonds is 4. The Kier molecular flexibility index (Phi) is 3.63. The molecular formula is C20H15N5O5. The molecular weight excluding hydrogens is 390 g/mol. The molecule has 1 saturated heterocycles. The van der Waals surface area contributed by atoms with Crippen LogP contribution in [0.3, 0.4) is 0 Å². The molecule has 30 heavy (non-hydrogen) atoms. The van der Waals surface area contributed by atoms with Crippen molar-refractivity contribution in [2.45, 2.75) is 5.92 Å². The van der Waals surface area contributed by atoms with Crippen LogP contribution in [0.5, 0.6) is 11.5 Å². The molecule has 0 saturated carbocycles. The number of amides is 1. The summed E-state index contributed by atoms with van der Waals surface area (Å²) in [6.45, 7) is 1.20. The van der Waals surface area contributed by atoms with Crippen molar-refractivity contribution in [2.75, 3.05) is 19.9 Å². The Morgan fingerprint density at radius 3 is 2.90 bits per heavy atom. The van der Waals surface area contributed by atoms with Gasteiger partial charge in [0.05, 0.1) is 17.9 Å². The molecule has 3 aromatic heterocycles. The largest absolute Gasteiger partial charge is 0.461 e. The van der Waals surface area contributed by atoms with Gasteiger partial charge in [0.1, 0.15) is 5.69 Å². The molecule has 1 aromatic carbocycles. The predicted molar refractivity (Wildman–Crippen MR) is 101 cm³/mol. The Labute approximate surface area is 169 Å². The molecule has 10 nitrogen and oxygen atoms in total. The van der Waals surface area contributed by atoms with Crippen molar-refractivity contribution in [1.29, 1.82) is 0 Å². The zero-order valence-electron chi connectivity index (χ0n) is 15.6. The van der Waals surface area contributed by atoms with Gasteiger partial charge in [-0.1, -0.05) is 5.16 Å². The first-order chi connectivity index (χ1) is 14.7. The van der Waals surface area contributed by atoms with Gasteiger partial charge in [0, 0.05) is 18.7 Å². The standard InChI is InChI=1S/C20H15N5O5/c26-20(14-7-13(22-23-14)11-3-4-15-17(6-11)29-10-28-15)25-8-12(9-25)19-21-18(24-30-19)16-2-1-5-27-16/h1-7,12H,8-10H2,(H,22,23). The first-order valence-electron chi connectivity index (χ1n) is 9.37. The number of aromatic amines is 1. The van der Waals surface area contributed by atoms with Gasteiger partial charge in [-0.2, -0.15) is 10.1 Å². The third-order valence-corrected chi connectivity index (χ3v) is 5.18. The lowest BCUT2D eigenvalue weighted by molar-refractivity contribution is 0.0563. The maximum Gasteiger partial charge on any atom is 0.271 e. The number of carbonyl (C=O) groups excluding carboxylic acids is 1. The first-order valence-corrected chi connectivity index (χ1v) is 9.37. The van der Waals surface area contributed by atoms with Gasteiger partial charge in [0.25, 0.3) is 5.91 Å². The molecule has 1 N–H and O–H groups in total. The molecule has 1 amide bonds. The molecule has 4 aromatic rings. The van der Waals surface area contributed by atoms with Crippen LogP contribution in [0, 0.1) is 0 Å². The Morgan fingerprint density at radius 1 is 1.13 bits per heavy atom. The van der Waals surface area contributed by atoms with E-state index in [-0.39, 0.29) is 18.6 Å². The highest BCUT2D eigenvalue weighted by Crippen LogP contribution is 2.36. The molecule has 0 atom stereocenters. The molecule has 0 spiro atoms. The van der Waals surface area contributed by atoms with Crippen LogP contribution in [-0.2, 0) is 0 Å². The molecule has 150 valence electrons. The summed E-state index contributed by atoms with van der Waals surface area (Å²) in [6, 6.07) is 10.8. The van der Waals surface area contributed by atoms with Crippen molar-refractivity contribution in [3.8, 4) is 34.3 Å². The summed E-state index contributed by atoms with van der Waals surface area (Å²) in [5.74, 6) is 2.69. The van der Waals surface area contributed by atoms with E-state index in [9.17, 15) is 4.79 Å². The highest BCUT2D eigenvalue weighted by Gasteiger charge is 2.37. The third-order valence-electron chi connectivity index (χ3n) is 5.18. The van der Waals surface area contributed by atoms with Crippen molar-refractivity contribution >= 4 is 5.91 Å². The van der Waals surface area contributed by atoms with Crippen LogP contribution in [0.4, 0.5) is 0 Å². The minimum Gasteiger partial charge on any atom is -0.461 e. The summed E-state index contributed by atoms with van der Waals surface area (Å²) < 4.78 is 21.3. The van der Waals surface area contributed by atoms with Crippen molar-refractivity contribution < 1.29 is 23.2 Å². The second-order valence-electron chi connectivity index (χ2n) is 7.08. The predicted octanol–water partition coefficient (Wildman–Crippen LogP) is 2.69. The minimum atomic E-state index is -0.128. The van der Waals surface area contributed by atoms with Crippen molar-refractivity contribution in [3.63, 3.8) is 0 Å². The molecule has 10 heteroatoms. The monoisotopic (exact) mass is 405 g/mol. The molecule has 0 radical (unpaired) electrons. The summed E-state index contributed by atoms with van der Waals surface area (Å²) in [7, 11) is 0. The van der Waals surface area contributed by atoms with E-state index in [0.717, 1.165) is 5.56 Å². The van der Waals surface area contributed by atoms with E-state index >= 15 is 0 Å². The molecule has 0 bridgehead atoms. The molecule has 6 rings (SSSR count). The topological polar surface area (TPSA) is 120 Å². The molecule has 2 aliphatic heterocycles. The van der Waals surface area contributed by atoms with E-state index < -0.39 is 0 Å². The fraction of sp³-hybridized carbons (Fsp3) is 0.200. The number of likely N-dealkylation sites (tertiary alicyclic amines) is 1. The van der Waals surface area contributed by atoms with Gasteiger partial charge in [0.15, 0.2) is 17.3 Å². The molecule has 5 heterocycles. The maximum absolute atomic E-state index is 12.8. The summed E-state index contributed by atoms with van der Waals surface area (Å²) >= 11 is 0. The first kappa shape index (κ1) is 16.8. The number of H-pyrrole nitrogens is 1. The van der Waals surface area contributed by atoms with Gasteiger partial charge in [-0.15, -0.1) is 0 Å². The van der Waals surface area contributed by atoms with Crippen molar-refractivity contribution in [1.82, 2.24) is 25.2 Å². The van der Waals surface area contributed by atoms with Crippen LogP contribution in [0.25, 0.3) is 22.8 Å². The lowest BCUT2D eigenvalue weighted by Crippen LogP contribution is -2.48. The highest BCUT2D eigenvalue weighted by atomic mass is 16.7. The minimum absolute atomic E-state index is 0.00131.